The van der Waals surface area contributed by atoms with Crippen molar-refractivity contribution in [1.29, 1.82) is 0 Å². The van der Waals surface area contributed by atoms with Gasteiger partial charge in [0.15, 0.2) is 11.5 Å². The number of halogens is 1. The third-order valence-electron chi connectivity index (χ3n) is 3.16. The molecule has 1 aliphatic rings. The van der Waals surface area contributed by atoms with E-state index >= 15 is 0 Å². The van der Waals surface area contributed by atoms with Crippen LogP contribution in [-0.2, 0) is 0 Å². The van der Waals surface area contributed by atoms with Crippen molar-refractivity contribution in [3.63, 3.8) is 0 Å². The lowest BCUT2D eigenvalue weighted by Crippen LogP contribution is -2.14. The number of fused-ring (bicyclic) bond motifs is 1. The van der Waals surface area contributed by atoms with E-state index in [-0.39, 0.29) is 12.7 Å². The standard InChI is InChI=1S/C15H13ClN2O3/c1-8-2-3-11(17)9(4-8)15(19)18-12-6-14-13(5-10(12)16)20-7-21-14/h2-6H,7,17H2,1H3,(H,18,19). The lowest BCUT2D eigenvalue weighted by atomic mass is 10.1. The minimum atomic E-state index is -0.322. The molecule has 5 nitrogen and oxygen atoms in total. The zero-order chi connectivity index (χ0) is 15.0. The normalized spacial score (nSPS) is 12.3. The van der Waals surface area contributed by atoms with Gasteiger partial charge in [-0.15, -0.1) is 0 Å². The van der Waals surface area contributed by atoms with Gasteiger partial charge in [0, 0.05) is 17.8 Å². The Hall–Kier alpha value is -2.40. The summed E-state index contributed by atoms with van der Waals surface area (Å²) in [5.41, 5.74) is 8.05. The molecule has 3 N–H and O–H groups in total. The fourth-order valence-electron chi connectivity index (χ4n) is 2.07. The Bertz CT molecular complexity index is 731. The van der Waals surface area contributed by atoms with Crippen LogP contribution in [0.3, 0.4) is 0 Å². The van der Waals surface area contributed by atoms with Crippen LogP contribution in [0.4, 0.5) is 11.4 Å². The van der Waals surface area contributed by atoms with Gasteiger partial charge in [0.25, 0.3) is 5.91 Å². The van der Waals surface area contributed by atoms with Crippen molar-refractivity contribution in [2.45, 2.75) is 6.92 Å². The zero-order valence-electron chi connectivity index (χ0n) is 11.3. The molecule has 0 saturated carbocycles. The second kappa shape index (κ2) is 5.18. The highest BCUT2D eigenvalue weighted by atomic mass is 35.5. The molecule has 21 heavy (non-hydrogen) atoms. The minimum absolute atomic E-state index is 0.147. The van der Waals surface area contributed by atoms with E-state index in [1.807, 2.05) is 13.0 Å². The molecule has 0 bridgehead atoms. The number of nitrogen functional groups attached to an aromatic ring is 1. The van der Waals surface area contributed by atoms with Crippen molar-refractivity contribution >= 4 is 28.9 Å². The van der Waals surface area contributed by atoms with Gasteiger partial charge in [-0.05, 0) is 19.1 Å². The number of benzene rings is 2. The van der Waals surface area contributed by atoms with Crippen LogP contribution in [-0.4, -0.2) is 12.7 Å². The molecule has 0 fully saturated rings. The summed E-state index contributed by atoms with van der Waals surface area (Å²) in [4.78, 5) is 12.3. The van der Waals surface area contributed by atoms with Gasteiger partial charge in [0.2, 0.25) is 6.79 Å². The van der Waals surface area contributed by atoms with Crippen LogP contribution in [0, 0.1) is 6.92 Å². The molecular weight excluding hydrogens is 292 g/mol. The van der Waals surface area contributed by atoms with Crippen molar-refractivity contribution in [1.82, 2.24) is 0 Å². The number of hydrogen-bond donors (Lipinski definition) is 2. The molecule has 0 aromatic heterocycles. The second-order valence-corrected chi connectivity index (χ2v) is 5.14. The number of anilines is 2. The zero-order valence-corrected chi connectivity index (χ0v) is 12.0. The molecule has 2 aromatic rings. The average Bonchev–Trinajstić information content (AvgIpc) is 2.88. The summed E-state index contributed by atoms with van der Waals surface area (Å²) >= 11 is 6.13. The van der Waals surface area contributed by atoms with Crippen molar-refractivity contribution in [2.75, 3.05) is 17.8 Å². The molecule has 3 rings (SSSR count). The van der Waals surface area contributed by atoms with E-state index in [1.54, 1.807) is 24.3 Å². The Morgan fingerprint density at radius 1 is 1.24 bits per heavy atom. The van der Waals surface area contributed by atoms with Gasteiger partial charge in [0.1, 0.15) is 0 Å². The van der Waals surface area contributed by atoms with E-state index in [2.05, 4.69) is 5.32 Å². The molecular formula is C15H13ClN2O3. The Balaban J connectivity index is 1.90. The smallest absolute Gasteiger partial charge is 0.257 e. The fourth-order valence-corrected chi connectivity index (χ4v) is 2.27. The molecule has 1 heterocycles. The molecule has 1 aliphatic heterocycles. The lowest BCUT2D eigenvalue weighted by Gasteiger charge is -2.10. The molecule has 6 heteroatoms. The summed E-state index contributed by atoms with van der Waals surface area (Å²) in [5, 5.41) is 3.11. The molecule has 0 unspecified atom stereocenters. The number of amides is 1. The van der Waals surface area contributed by atoms with Crippen LogP contribution in [0.25, 0.3) is 0 Å². The first kappa shape index (κ1) is 13.6. The summed E-state index contributed by atoms with van der Waals surface area (Å²) in [6.45, 7) is 2.04. The maximum Gasteiger partial charge on any atom is 0.257 e. The topological polar surface area (TPSA) is 73.6 Å². The Morgan fingerprint density at radius 2 is 1.95 bits per heavy atom. The average molecular weight is 305 g/mol. The van der Waals surface area contributed by atoms with E-state index in [4.69, 9.17) is 26.8 Å². The van der Waals surface area contributed by atoms with Gasteiger partial charge >= 0.3 is 0 Å². The van der Waals surface area contributed by atoms with E-state index in [0.717, 1.165) is 5.56 Å². The largest absolute Gasteiger partial charge is 0.454 e. The first-order valence-electron chi connectivity index (χ1n) is 6.31. The molecule has 1 amide bonds. The predicted molar refractivity (Wildman–Crippen MR) is 81.1 cm³/mol. The van der Waals surface area contributed by atoms with Gasteiger partial charge in [-0.25, -0.2) is 0 Å². The summed E-state index contributed by atoms with van der Waals surface area (Å²) in [6.07, 6.45) is 0. The Kier molecular flexibility index (Phi) is 3.35. The summed E-state index contributed by atoms with van der Waals surface area (Å²) < 4.78 is 10.5. The van der Waals surface area contributed by atoms with E-state index in [0.29, 0.717) is 33.5 Å². The maximum absolute atomic E-state index is 12.3. The van der Waals surface area contributed by atoms with Crippen molar-refractivity contribution in [3.8, 4) is 11.5 Å². The molecule has 0 aliphatic carbocycles. The number of carbonyl (C=O) groups excluding carboxylic acids is 1. The predicted octanol–water partition coefficient (Wildman–Crippen LogP) is 3.21. The van der Waals surface area contributed by atoms with Crippen LogP contribution in [0.1, 0.15) is 15.9 Å². The first-order chi connectivity index (χ1) is 10.0. The van der Waals surface area contributed by atoms with Gasteiger partial charge in [0.05, 0.1) is 16.3 Å². The van der Waals surface area contributed by atoms with Crippen LogP contribution in [0.15, 0.2) is 30.3 Å². The number of ether oxygens (including phenoxy) is 2. The van der Waals surface area contributed by atoms with E-state index < -0.39 is 0 Å². The van der Waals surface area contributed by atoms with Gasteiger partial charge < -0.3 is 20.5 Å². The quantitative estimate of drug-likeness (QED) is 0.836. The van der Waals surface area contributed by atoms with Crippen molar-refractivity contribution in [2.24, 2.45) is 0 Å². The summed E-state index contributed by atoms with van der Waals surface area (Å²) in [6, 6.07) is 8.52. The van der Waals surface area contributed by atoms with Crippen LogP contribution >= 0.6 is 11.6 Å². The number of carbonyl (C=O) groups is 1. The lowest BCUT2D eigenvalue weighted by molar-refractivity contribution is 0.102. The van der Waals surface area contributed by atoms with Crippen LogP contribution in [0.5, 0.6) is 11.5 Å². The Morgan fingerprint density at radius 3 is 2.71 bits per heavy atom. The monoisotopic (exact) mass is 304 g/mol. The van der Waals surface area contributed by atoms with Gasteiger partial charge in [-0.3, -0.25) is 4.79 Å². The molecule has 0 spiro atoms. The fraction of sp³-hybridized carbons (Fsp3) is 0.133. The summed E-state index contributed by atoms with van der Waals surface area (Å²) in [7, 11) is 0. The number of rotatable bonds is 2. The number of nitrogens with one attached hydrogen (secondary N) is 1. The minimum Gasteiger partial charge on any atom is -0.454 e. The van der Waals surface area contributed by atoms with Crippen molar-refractivity contribution < 1.29 is 14.3 Å². The maximum atomic E-state index is 12.3. The van der Waals surface area contributed by atoms with Crippen molar-refractivity contribution in [3.05, 3.63) is 46.5 Å². The molecule has 0 radical (unpaired) electrons. The summed E-state index contributed by atoms with van der Waals surface area (Å²) in [5.74, 6) is 0.789. The van der Waals surface area contributed by atoms with Gasteiger partial charge in [-0.1, -0.05) is 23.2 Å². The number of hydrogen-bond acceptors (Lipinski definition) is 4. The SMILES string of the molecule is Cc1ccc(N)c(C(=O)Nc2cc3c(cc2Cl)OCO3)c1. The molecule has 2 aromatic carbocycles. The van der Waals surface area contributed by atoms with Crippen LogP contribution in [0.2, 0.25) is 5.02 Å². The molecule has 0 saturated heterocycles. The highest BCUT2D eigenvalue weighted by Crippen LogP contribution is 2.39. The third-order valence-corrected chi connectivity index (χ3v) is 3.48. The highest BCUT2D eigenvalue weighted by Gasteiger charge is 2.18. The second-order valence-electron chi connectivity index (χ2n) is 4.73. The molecule has 0 atom stereocenters. The Labute approximate surface area is 126 Å². The third kappa shape index (κ3) is 2.60. The molecule has 108 valence electrons. The number of nitrogens with two attached hydrogens (primary N) is 1. The van der Waals surface area contributed by atoms with E-state index in [1.165, 1.54) is 0 Å². The van der Waals surface area contributed by atoms with Gasteiger partial charge in [-0.2, -0.15) is 0 Å². The first-order valence-corrected chi connectivity index (χ1v) is 6.69. The van der Waals surface area contributed by atoms with Crippen LogP contribution < -0.4 is 20.5 Å². The number of aryl methyl sites for hydroxylation is 1. The highest BCUT2D eigenvalue weighted by molar-refractivity contribution is 6.34. The van der Waals surface area contributed by atoms with E-state index in [9.17, 15) is 4.79 Å².